The monoisotopic (exact) mass is 136 g/mol. The average Bonchev–Trinajstić information content (AvgIpc) is 2.33. The molecule has 2 radical (unpaired) electrons. The lowest BCUT2D eigenvalue weighted by atomic mass is 10.4. The van der Waals surface area contributed by atoms with Crippen molar-refractivity contribution in [3.63, 3.8) is 0 Å². The lowest BCUT2D eigenvalue weighted by Crippen LogP contribution is -2.05. The fourth-order valence-electron chi connectivity index (χ4n) is 0.686. The molecule has 44 valence electrons. The number of hydrogen-bond acceptors (Lipinski definition) is 4. The maximum absolute atomic E-state index is 3.71. The van der Waals surface area contributed by atoms with Crippen LogP contribution in [-0.4, -0.2) is 20.0 Å². The molecule has 0 aromatic carbocycles. The Morgan fingerprint density at radius 2 is 1.67 bits per heavy atom. The first kappa shape index (κ1) is 4.75. The number of anilines is 2. The van der Waals surface area contributed by atoms with Crippen LogP contribution in [0.15, 0.2) is 12.4 Å². The summed E-state index contributed by atoms with van der Waals surface area (Å²) in [6.07, 6.45) is 3.42. The highest BCUT2D eigenvalue weighted by Gasteiger charge is 2.08. The summed E-state index contributed by atoms with van der Waals surface area (Å²) in [5, 5.41) is 7.42. The maximum Gasteiger partial charge on any atom is 0.327 e. The van der Waals surface area contributed by atoms with Gasteiger partial charge in [-0.1, -0.05) is 0 Å². The highest BCUT2D eigenvalue weighted by Crippen LogP contribution is 2.20. The van der Waals surface area contributed by atoms with Gasteiger partial charge in [-0.25, -0.2) is 0 Å². The van der Waals surface area contributed by atoms with Crippen LogP contribution in [0.4, 0.5) is 11.4 Å². The Kier molecular flexibility index (Phi) is 0.893. The first-order chi connectivity index (χ1) is 4.47. The lowest BCUT2D eigenvalue weighted by Gasteiger charge is -1.92. The summed E-state index contributed by atoms with van der Waals surface area (Å²) in [4.78, 5) is 6.23. The summed E-state index contributed by atoms with van der Waals surface area (Å²) in [5.74, 6) is 0. The molecule has 0 aliphatic carbocycles. The third-order valence-electron chi connectivity index (χ3n) is 1.12. The zero-order valence-electron chi connectivity index (χ0n) is 4.55. The Bertz CT molecular complexity index is 203. The zero-order chi connectivity index (χ0) is 6.10. The van der Waals surface area contributed by atoms with Crippen molar-refractivity contribution in [1.82, 2.24) is 10.2 Å². The van der Waals surface area contributed by atoms with Crippen molar-refractivity contribution < 1.29 is 0 Å². The molecule has 0 spiro atoms. The molecule has 0 atom stereocenters. The fraction of sp³-hybridized carbons (Fsp3) is 0. The minimum absolute atomic E-state index is 0.566. The molecule has 2 heterocycles. The second-order valence-electron chi connectivity index (χ2n) is 1.69. The van der Waals surface area contributed by atoms with Crippen LogP contribution in [0.2, 0.25) is 0 Å². The van der Waals surface area contributed by atoms with Crippen molar-refractivity contribution in [2.75, 3.05) is 9.96 Å². The molecule has 4 nitrogen and oxygen atoms in total. The molecular weight excluding hydrogens is 132 g/mol. The van der Waals surface area contributed by atoms with Crippen molar-refractivity contribution in [1.29, 1.82) is 0 Å². The second kappa shape index (κ2) is 1.69. The largest absolute Gasteiger partial charge is 0.391 e. The van der Waals surface area contributed by atoms with Crippen LogP contribution in [0.25, 0.3) is 0 Å². The highest BCUT2D eigenvalue weighted by atomic mass is 28.2. The number of aromatic nitrogens is 2. The number of hydrogen-bond donors (Lipinski definition) is 2. The SMILES string of the molecule is c1nncc2c1N[Si]N2. The third-order valence-corrected chi connectivity index (χ3v) is 1.91. The minimum Gasteiger partial charge on any atom is -0.391 e. The second-order valence-corrected chi connectivity index (χ2v) is 2.44. The summed E-state index contributed by atoms with van der Waals surface area (Å²) in [6.45, 7) is 0. The molecule has 1 aliphatic heterocycles. The van der Waals surface area contributed by atoms with Gasteiger partial charge in [0.05, 0.1) is 23.8 Å². The van der Waals surface area contributed by atoms with E-state index >= 15 is 0 Å². The molecule has 0 amide bonds. The van der Waals surface area contributed by atoms with Crippen molar-refractivity contribution in [3.8, 4) is 0 Å². The van der Waals surface area contributed by atoms with Crippen molar-refractivity contribution in [3.05, 3.63) is 12.4 Å². The Morgan fingerprint density at radius 1 is 1.11 bits per heavy atom. The first-order valence-corrected chi connectivity index (χ1v) is 3.54. The van der Waals surface area contributed by atoms with E-state index in [2.05, 4.69) is 20.2 Å². The van der Waals surface area contributed by atoms with Crippen molar-refractivity contribution in [2.45, 2.75) is 0 Å². The standard InChI is InChI=1S/C4H4N4Si/c1-3-4(2-6-5-1)8-9-7-3/h1-2,7-8H. The van der Waals surface area contributed by atoms with E-state index in [4.69, 9.17) is 0 Å². The van der Waals surface area contributed by atoms with Gasteiger partial charge >= 0.3 is 9.84 Å². The lowest BCUT2D eigenvalue weighted by molar-refractivity contribution is 1.04. The molecule has 0 unspecified atom stereocenters. The van der Waals surface area contributed by atoms with Gasteiger partial charge in [0.1, 0.15) is 0 Å². The molecule has 1 aromatic rings. The summed E-state index contributed by atoms with van der Waals surface area (Å²) in [7, 11) is 0.566. The molecule has 1 aliphatic rings. The van der Waals surface area contributed by atoms with Gasteiger partial charge in [0.25, 0.3) is 0 Å². The van der Waals surface area contributed by atoms with Crippen molar-refractivity contribution in [2.24, 2.45) is 0 Å². The van der Waals surface area contributed by atoms with E-state index in [0.717, 1.165) is 11.4 Å². The number of nitrogens with zero attached hydrogens (tertiary/aromatic N) is 2. The van der Waals surface area contributed by atoms with Crippen LogP contribution in [0.1, 0.15) is 0 Å². The maximum atomic E-state index is 3.71. The fourth-order valence-corrected chi connectivity index (χ4v) is 1.42. The van der Waals surface area contributed by atoms with E-state index in [9.17, 15) is 0 Å². The first-order valence-electron chi connectivity index (χ1n) is 2.54. The minimum atomic E-state index is 0.566. The number of rotatable bonds is 0. The summed E-state index contributed by atoms with van der Waals surface area (Å²) in [6, 6.07) is 0. The summed E-state index contributed by atoms with van der Waals surface area (Å²) in [5.41, 5.74) is 2.09. The molecular formula is C4H4N4Si. The van der Waals surface area contributed by atoms with E-state index in [1.165, 1.54) is 0 Å². The molecule has 0 bridgehead atoms. The zero-order valence-corrected chi connectivity index (χ0v) is 5.55. The molecule has 2 rings (SSSR count). The van der Waals surface area contributed by atoms with Crippen LogP contribution in [0.3, 0.4) is 0 Å². The molecule has 9 heavy (non-hydrogen) atoms. The van der Waals surface area contributed by atoms with E-state index < -0.39 is 0 Å². The predicted octanol–water partition coefficient (Wildman–Crippen LogP) is -0.152. The van der Waals surface area contributed by atoms with Gasteiger partial charge in [-0.3, -0.25) is 0 Å². The van der Waals surface area contributed by atoms with Crippen molar-refractivity contribution >= 4 is 21.2 Å². The highest BCUT2D eigenvalue weighted by molar-refractivity contribution is 6.48. The van der Waals surface area contributed by atoms with Gasteiger partial charge in [-0.05, 0) is 0 Å². The van der Waals surface area contributed by atoms with E-state index in [1.54, 1.807) is 12.4 Å². The van der Waals surface area contributed by atoms with Crippen LogP contribution >= 0.6 is 0 Å². The molecule has 0 saturated carbocycles. The van der Waals surface area contributed by atoms with Gasteiger partial charge in [-0.15, -0.1) is 0 Å². The summed E-state index contributed by atoms with van der Waals surface area (Å²) >= 11 is 0. The normalized spacial score (nSPS) is 13.8. The van der Waals surface area contributed by atoms with Gasteiger partial charge < -0.3 is 9.96 Å². The number of fused-ring (bicyclic) bond motifs is 1. The van der Waals surface area contributed by atoms with Gasteiger partial charge in [0.15, 0.2) is 0 Å². The third kappa shape index (κ3) is 0.654. The Morgan fingerprint density at radius 3 is 2.22 bits per heavy atom. The Hall–Kier alpha value is -1.10. The summed E-state index contributed by atoms with van der Waals surface area (Å²) < 4.78 is 0. The number of nitrogens with one attached hydrogen (secondary N) is 2. The Balaban J connectivity index is 2.54. The van der Waals surface area contributed by atoms with E-state index in [1.807, 2.05) is 0 Å². The van der Waals surface area contributed by atoms with Crippen LogP contribution in [-0.2, 0) is 0 Å². The molecule has 5 heteroatoms. The molecule has 0 saturated heterocycles. The van der Waals surface area contributed by atoms with Crippen LogP contribution in [0, 0.1) is 0 Å². The topological polar surface area (TPSA) is 49.8 Å². The average molecular weight is 136 g/mol. The predicted molar refractivity (Wildman–Crippen MR) is 35.0 cm³/mol. The van der Waals surface area contributed by atoms with Gasteiger partial charge in [-0.2, -0.15) is 10.2 Å². The molecule has 0 fully saturated rings. The Labute approximate surface area is 54.7 Å². The molecule has 1 aromatic heterocycles. The smallest absolute Gasteiger partial charge is 0.327 e. The quantitative estimate of drug-likeness (QED) is 0.487. The van der Waals surface area contributed by atoms with Gasteiger partial charge in [0, 0.05) is 0 Å². The van der Waals surface area contributed by atoms with E-state index in [-0.39, 0.29) is 0 Å². The van der Waals surface area contributed by atoms with Crippen LogP contribution in [0.5, 0.6) is 0 Å². The van der Waals surface area contributed by atoms with Gasteiger partial charge in [0.2, 0.25) is 0 Å². The van der Waals surface area contributed by atoms with Crippen LogP contribution < -0.4 is 9.96 Å². The van der Waals surface area contributed by atoms with E-state index in [0.29, 0.717) is 9.84 Å². The molecule has 2 N–H and O–H groups in total.